The lowest BCUT2D eigenvalue weighted by Crippen LogP contribution is -2.20. The van der Waals surface area contributed by atoms with Gasteiger partial charge in [-0.15, -0.1) is 0 Å². The molecule has 0 aliphatic rings. The first kappa shape index (κ1) is 15.6. The first-order valence-corrected chi connectivity index (χ1v) is 7.44. The van der Waals surface area contributed by atoms with Gasteiger partial charge in [0.15, 0.2) is 0 Å². The summed E-state index contributed by atoms with van der Waals surface area (Å²) in [6.07, 6.45) is 0.704. The number of hydrogen-bond donors (Lipinski definition) is 1. The molecule has 0 bridgehead atoms. The van der Waals surface area contributed by atoms with Crippen molar-refractivity contribution in [3.63, 3.8) is 0 Å². The number of nitrogens with zero attached hydrogens (tertiary/aromatic N) is 1. The zero-order valence-electron chi connectivity index (χ0n) is 11.7. The van der Waals surface area contributed by atoms with E-state index in [1.54, 1.807) is 13.0 Å². The maximum Gasteiger partial charge on any atom is 0.127 e. The Morgan fingerprint density at radius 2 is 1.90 bits per heavy atom. The summed E-state index contributed by atoms with van der Waals surface area (Å²) in [4.78, 5) is 0. The first-order valence-electron chi connectivity index (χ1n) is 6.64. The minimum atomic E-state index is -1.03. The van der Waals surface area contributed by atoms with Crippen LogP contribution < -0.4 is 4.74 Å². The summed E-state index contributed by atoms with van der Waals surface area (Å²) < 4.78 is 6.77. The number of rotatable bonds is 5. The van der Waals surface area contributed by atoms with Crippen LogP contribution in [-0.2, 0) is 5.60 Å². The molecule has 0 spiro atoms. The third-order valence-electron chi connectivity index (χ3n) is 3.23. The Morgan fingerprint density at radius 1 is 1.19 bits per heavy atom. The zero-order valence-corrected chi connectivity index (χ0v) is 13.3. The number of nitriles is 1. The van der Waals surface area contributed by atoms with Gasteiger partial charge in [0, 0.05) is 10.9 Å². The Hall–Kier alpha value is -1.83. The van der Waals surface area contributed by atoms with E-state index in [0.717, 1.165) is 15.8 Å². The van der Waals surface area contributed by atoms with Gasteiger partial charge in [-0.2, -0.15) is 5.26 Å². The standard InChI is InChI=1S/C17H16BrNO2/c1-17(20,10-3-11-19)13-4-2-5-16(12-13)21-15-8-6-14(18)7-9-15/h2,4-9,12,20H,3,10H2,1H3. The van der Waals surface area contributed by atoms with Crippen molar-refractivity contribution in [2.75, 3.05) is 0 Å². The summed E-state index contributed by atoms with van der Waals surface area (Å²) in [7, 11) is 0. The maximum absolute atomic E-state index is 10.4. The molecule has 0 saturated carbocycles. The van der Waals surface area contributed by atoms with E-state index in [0.29, 0.717) is 18.6 Å². The second-order valence-corrected chi connectivity index (χ2v) is 5.93. The van der Waals surface area contributed by atoms with Gasteiger partial charge < -0.3 is 9.84 Å². The van der Waals surface area contributed by atoms with Crippen molar-refractivity contribution in [3.05, 3.63) is 58.6 Å². The molecule has 1 unspecified atom stereocenters. The number of halogens is 1. The molecule has 2 aromatic rings. The van der Waals surface area contributed by atoms with Crippen LogP contribution in [0.25, 0.3) is 0 Å². The maximum atomic E-state index is 10.4. The fraction of sp³-hybridized carbons (Fsp3) is 0.235. The highest BCUT2D eigenvalue weighted by Crippen LogP contribution is 2.30. The average molecular weight is 346 g/mol. The molecule has 1 atom stereocenters. The molecule has 0 aliphatic heterocycles. The Labute approximate surface area is 132 Å². The lowest BCUT2D eigenvalue weighted by atomic mass is 9.91. The van der Waals surface area contributed by atoms with Crippen LogP contribution in [0.3, 0.4) is 0 Å². The molecule has 1 N–H and O–H groups in total. The van der Waals surface area contributed by atoms with E-state index < -0.39 is 5.60 Å². The quantitative estimate of drug-likeness (QED) is 0.850. The molecule has 21 heavy (non-hydrogen) atoms. The fourth-order valence-electron chi connectivity index (χ4n) is 1.98. The zero-order chi connectivity index (χ0) is 15.3. The van der Waals surface area contributed by atoms with Gasteiger partial charge in [0.05, 0.1) is 11.7 Å². The van der Waals surface area contributed by atoms with E-state index in [1.165, 1.54) is 0 Å². The Morgan fingerprint density at radius 3 is 2.57 bits per heavy atom. The normalized spacial score (nSPS) is 13.2. The molecule has 0 aliphatic carbocycles. The van der Waals surface area contributed by atoms with Crippen LogP contribution in [0.4, 0.5) is 0 Å². The Kier molecular flexibility index (Phi) is 5.00. The smallest absolute Gasteiger partial charge is 0.127 e. The monoisotopic (exact) mass is 345 g/mol. The second-order valence-electron chi connectivity index (χ2n) is 5.02. The van der Waals surface area contributed by atoms with Crippen LogP contribution in [0, 0.1) is 11.3 Å². The molecule has 0 radical (unpaired) electrons. The summed E-state index contributed by atoms with van der Waals surface area (Å²) in [5.41, 5.74) is -0.290. The predicted octanol–water partition coefficient (Wildman–Crippen LogP) is 4.75. The van der Waals surface area contributed by atoms with Gasteiger partial charge in [-0.05, 0) is 55.3 Å². The van der Waals surface area contributed by atoms with Crippen molar-refractivity contribution in [1.82, 2.24) is 0 Å². The van der Waals surface area contributed by atoms with Crippen molar-refractivity contribution < 1.29 is 9.84 Å². The molecule has 2 aromatic carbocycles. The summed E-state index contributed by atoms with van der Waals surface area (Å²) in [5.74, 6) is 1.39. The van der Waals surface area contributed by atoms with E-state index in [4.69, 9.17) is 10.00 Å². The molecular formula is C17H16BrNO2. The first-order chi connectivity index (χ1) is 10.0. The topological polar surface area (TPSA) is 53.2 Å². The number of aliphatic hydroxyl groups is 1. The van der Waals surface area contributed by atoms with Crippen molar-refractivity contribution in [2.24, 2.45) is 0 Å². The van der Waals surface area contributed by atoms with E-state index >= 15 is 0 Å². The molecule has 0 fully saturated rings. The highest BCUT2D eigenvalue weighted by atomic mass is 79.9. The van der Waals surface area contributed by atoms with Gasteiger partial charge in [0.1, 0.15) is 11.5 Å². The summed E-state index contributed by atoms with van der Waals surface area (Å²) >= 11 is 3.38. The highest BCUT2D eigenvalue weighted by molar-refractivity contribution is 9.10. The Balaban J connectivity index is 2.17. The third-order valence-corrected chi connectivity index (χ3v) is 3.76. The molecule has 4 heteroatoms. The van der Waals surface area contributed by atoms with Gasteiger partial charge >= 0.3 is 0 Å². The van der Waals surface area contributed by atoms with Gasteiger partial charge in [-0.1, -0.05) is 28.1 Å². The summed E-state index contributed by atoms with van der Waals surface area (Å²) in [6, 6.07) is 16.9. The number of ether oxygens (including phenoxy) is 1. The van der Waals surface area contributed by atoms with Gasteiger partial charge in [-0.3, -0.25) is 0 Å². The van der Waals surface area contributed by atoms with Crippen LogP contribution in [-0.4, -0.2) is 5.11 Å². The van der Waals surface area contributed by atoms with Crippen molar-refractivity contribution in [2.45, 2.75) is 25.4 Å². The molecule has 0 saturated heterocycles. The minimum Gasteiger partial charge on any atom is -0.457 e. The SMILES string of the molecule is CC(O)(CCC#N)c1cccc(Oc2ccc(Br)cc2)c1. The van der Waals surface area contributed by atoms with Crippen LogP contribution in [0.1, 0.15) is 25.3 Å². The minimum absolute atomic E-state index is 0.310. The molecule has 3 nitrogen and oxygen atoms in total. The molecule has 0 heterocycles. The summed E-state index contributed by atoms with van der Waals surface area (Å²) in [6.45, 7) is 1.71. The largest absolute Gasteiger partial charge is 0.457 e. The molecule has 2 rings (SSSR count). The van der Waals surface area contributed by atoms with Crippen molar-refractivity contribution in [1.29, 1.82) is 5.26 Å². The lowest BCUT2D eigenvalue weighted by molar-refractivity contribution is 0.0490. The lowest BCUT2D eigenvalue weighted by Gasteiger charge is -2.23. The van der Waals surface area contributed by atoms with Crippen molar-refractivity contribution in [3.8, 4) is 17.6 Å². The number of hydrogen-bond acceptors (Lipinski definition) is 3. The van der Waals surface area contributed by atoms with Crippen LogP contribution in [0.5, 0.6) is 11.5 Å². The molecule has 0 aromatic heterocycles. The van der Waals surface area contributed by atoms with Crippen LogP contribution >= 0.6 is 15.9 Å². The Bertz CT molecular complexity index is 645. The summed E-state index contributed by atoms with van der Waals surface area (Å²) in [5, 5.41) is 19.1. The van der Waals surface area contributed by atoms with Crippen molar-refractivity contribution >= 4 is 15.9 Å². The average Bonchev–Trinajstić information content (AvgIpc) is 2.48. The molecule has 0 amide bonds. The van der Waals surface area contributed by atoms with E-state index in [-0.39, 0.29) is 0 Å². The fourth-order valence-corrected chi connectivity index (χ4v) is 2.24. The van der Waals surface area contributed by atoms with E-state index in [1.807, 2.05) is 42.5 Å². The van der Waals surface area contributed by atoms with E-state index in [9.17, 15) is 5.11 Å². The number of benzene rings is 2. The van der Waals surface area contributed by atoms with Crippen LogP contribution in [0.15, 0.2) is 53.0 Å². The van der Waals surface area contributed by atoms with Gasteiger partial charge in [0.25, 0.3) is 0 Å². The molecular weight excluding hydrogens is 330 g/mol. The van der Waals surface area contributed by atoms with Gasteiger partial charge in [0.2, 0.25) is 0 Å². The highest BCUT2D eigenvalue weighted by Gasteiger charge is 2.23. The predicted molar refractivity (Wildman–Crippen MR) is 85.1 cm³/mol. The van der Waals surface area contributed by atoms with E-state index in [2.05, 4.69) is 22.0 Å². The third kappa shape index (κ3) is 4.32. The molecule has 108 valence electrons. The second kappa shape index (κ2) is 6.75. The van der Waals surface area contributed by atoms with Gasteiger partial charge in [-0.25, -0.2) is 0 Å². The van der Waals surface area contributed by atoms with Crippen LogP contribution in [0.2, 0.25) is 0 Å².